The van der Waals surface area contributed by atoms with E-state index in [1.54, 1.807) is 6.20 Å². The molecule has 0 bridgehead atoms. The molecule has 95 heavy (non-hydrogen) atoms. The number of aromatic nitrogens is 5. The van der Waals surface area contributed by atoms with Crippen LogP contribution in [0.2, 0.25) is 0 Å². The van der Waals surface area contributed by atoms with Crippen molar-refractivity contribution in [2.24, 2.45) is 10.5 Å². The predicted octanol–water partition coefficient (Wildman–Crippen LogP) is 4.32. The van der Waals surface area contributed by atoms with Gasteiger partial charge in [0.15, 0.2) is 17.5 Å². The minimum absolute atomic E-state index is 0.0154. The van der Waals surface area contributed by atoms with E-state index in [1.807, 2.05) is 30.3 Å². The van der Waals surface area contributed by atoms with Crippen molar-refractivity contribution in [3.63, 3.8) is 0 Å². The highest BCUT2D eigenvalue weighted by atomic mass is 19.1. The number of aliphatic hydroxyl groups excluding tert-OH is 2. The van der Waals surface area contributed by atoms with Crippen LogP contribution in [0.15, 0.2) is 83.8 Å². The van der Waals surface area contributed by atoms with E-state index in [-0.39, 0.29) is 134 Å². The third kappa shape index (κ3) is 24.9. The Morgan fingerprint density at radius 1 is 0.779 bits per heavy atom. The van der Waals surface area contributed by atoms with Gasteiger partial charge in [-0.1, -0.05) is 36.8 Å². The first-order valence-electron chi connectivity index (χ1n) is 30.8. The summed E-state index contributed by atoms with van der Waals surface area (Å²) in [5, 5.41) is 46.9. The maximum Gasteiger partial charge on any atom is 0.313 e. The van der Waals surface area contributed by atoms with Crippen LogP contribution < -0.4 is 25.4 Å². The number of carbonyl (C=O) groups is 5. The Morgan fingerprint density at radius 2 is 1.38 bits per heavy atom. The lowest BCUT2D eigenvalue weighted by Gasteiger charge is -2.30. The first-order chi connectivity index (χ1) is 46.2. The topological polar surface area (TPSA) is 377 Å². The number of ketones is 1. The molecule has 3 aromatic heterocycles. The monoisotopic (exact) mass is 1330 g/mol. The van der Waals surface area contributed by atoms with E-state index in [9.17, 15) is 52.6 Å². The van der Waals surface area contributed by atoms with Crippen LogP contribution in [0, 0.1) is 39.7 Å². The summed E-state index contributed by atoms with van der Waals surface area (Å²) in [7, 11) is 1.41. The van der Waals surface area contributed by atoms with Gasteiger partial charge in [-0.25, -0.2) is 28.7 Å². The maximum absolute atomic E-state index is 13.8. The second kappa shape index (κ2) is 41.9. The van der Waals surface area contributed by atoms with Crippen molar-refractivity contribution in [2.75, 3.05) is 159 Å². The summed E-state index contributed by atoms with van der Waals surface area (Å²) in [6.07, 6.45) is 7.56. The van der Waals surface area contributed by atoms with E-state index in [4.69, 9.17) is 48.2 Å². The van der Waals surface area contributed by atoms with Crippen molar-refractivity contribution < 1.29 is 94.7 Å². The molecule has 1 saturated heterocycles. The van der Waals surface area contributed by atoms with Gasteiger partial charge in [0, 0.05) is 69.1 Å². The molecule has 3 amide bonds. The lowest BCUT2D eigenvalue weighted by atomic mass is 9.84. The number of nitrogens with one attached hydrogen (secondary N) is 5. The van der Waals surface area contributed by atoms with Crippen LogP contribution in [0.3, 0.4) is 0 Å². The molecular weight excluding hydrogens is 1250 g/mol. The van der Waals surface area contributed by atoms with Crippen molar-refractivity contribution in [1.29, 1.82) is 10.8 Å². The van der Waals surface area contributed by atoms with Crippen LogP contribution >= 0.6 is 0 Å². The zero-order valence-corrected chi connectivity index (χ0v) is 52.8. The molecule has 6 rings (SSSR count). The predicted molar refractivity (Wildman–Crippen MR) is 331 cm³/mol. The molecule has 5 aromatic rings. The van der Waals surface area contributed by atoms with Gasteiger partial charge in [-0.15, -0.1) is 5.10 Å². The van der Waals surface area contributed by atoms with Crippen molar-refractivity contribution in [1.82, 2.24) is 45.6 Å². The van der Waals surface area contributed by atoms with E-state index in [1.165, 1.54) is 35.4 Å². The summed E-state index contributed by atoms with van der Waals surface area (Å²) in [5.74, 6) is -7.81. The molecule has 516 valence electrons. The number of nitrogens with zero attached hydrogens (tertiary/aromatic N) is 7. The fourth-order valence-electron chi connectivity index (χ4n) is 9.35. The number of benzene rings is 2. The molecule has 1 fully saturated rings. The molecule has 0 saturated carbocycles. The maximum atomic E-state index is 13.8. The number of fused-ring (bicyclic) bond motifs is 1. The molecular formula is C63H81F3N12O17. The molecule has 0 atom stereocenters. The van der Waals surface area contributed by atoms with Gasteiger partial charge >= 0.3 is 5.97 Å². The number of ether oxygens (including phenoxy) is 10. The number of likely N-dealkylation sites (tertiary alicyclic amines) is 1. The number of carbonyl (C=O) groups excluding carboxylic acids is 5. The number of piperidine rings is 1. The number of esters is 1. The first-order valence-corrected chi connectivity index (χ1v) is 30.8. The highest BCUT2D eigenvalue weighted by Crippen LogP contribution is 2.33. The largest absolute Gasteiger partial charge is 0.494 e. The lowest BCUT2D eigenvalue weighted by Crippen LogP contribution is -2.43. The standard InChI is InChI=1S/C63H81F3N12O17/c1-86-52-38-72-60(56-55(52)49(37-71-56)57(83)62(85)77-16-9-45(10-17-77)48(35-67)44-7-3-2-4-8-44)78-43-74-59(76-78)61(84)70-14-6-5-13-63(41-79,42-80)40-73-53(81)11-18-87-21-24-90-29-30-93-31-32-94-39-47(75-68)36-69-15-20-89-23-26-92-28-27-91-25-22-88-19-12-54(82)95-58-50(65)33-46(64)34-51(58)66/h2-4,7-8,33-34,36-38,43,68-69,71,79-80H,5-6,9-32,39-42H2,1H3,(H,70,84)(H,73,81)/b47-36-,75-68?. The number of pyridine rings is 1. The van der Waals surface area contributed by atoms with Crippen LogP contribution in [0.25, 0.3) is 22.3 Å². The lowest BCUT2D eigenvalue weighted by molar-refractivity contribution is -0.136. The minimum atomic E-state index is -1.32. The Bertz CT molecular complexity index is 3330. The van der Waals surface area contributed by atoms with Crippen molar-refractivity contribution in [2.45, 2.75) is 44.9 Å². The average Bonchev–Trinajstić information content (AvgIpc) is 1.64. The number of amides is 3. The number of halogens is 3. The molecule has 1 aliphatic heterocycles. The summed E-state index contributed by atoms with van der Waals surface area (Å²) < 4.78 is 95.2. The molecule has 0 aliphatic carbocycles. The molecule has 0 spiro atoms. The Morgan fingerprint density at radius 3 is 1.98 bits per heavy atom. The molecule has 32 heteroatoms. The van der Waals surface area contributed by atoms with Crippen LogP contribution in [-0.4, -0.2) is 228 Å². The van der Waals surface area contributed by atoms with Gasteiger partial charge in [-0.05, 0) is 36.8 Å². The van der Waals surface area contributed by atoms with Crippen molar-refractivity contribution in [3.05, 3.63) is 113 Å². The number of unbranched alkanes of at least 4 members (excludes halogenated alkanes) is 1. The number of aromatic amines is 1. The molecule has 0 radical (unpaired) electrons. The van der Waals surface area contributed by atoms with Crippen LogP contribution in [0.1, 0.15) is 71.5 Å². The van der Waals surface area contributed by atoms with Crippen LogP contribution in [0.4, 0.5) is 13.2 Å². The average molecular weight is 1340 g/mol. The van der Waals surface area contributed by atoms with Gasteiger partial charge in [-0.2, -0.15) is 15.1 Å². The fraction of sp³-hybridized carbons (Fsp3) is 0.508. The Labute approximate surface area is 546 Å². The molecule has 1 aliphatic rings. The second-order valence-electron chi connectivity index (χ2n) is 21.2. The number of hydrogen-bond donors (Lipinski definition) is 7. The van der Waals surface area contributed by atoms with Gasteiger partial charge < -0.3 is 83.4 Å². The normalized spacial score (nSPS) is 12.6. The SMILES string of the molecule is COc1cnc(-n2cnc(C(=O)NCCCCC(CO)(CO)CNC(=O)CCOCCOCCOCCOC/C(=C/NCCOCCOCCOCCOCCC(=O)Oc3c(F)cc(F)cc3F)N=N)n2)c2[nH]cc(C(=O)C(=O)N3CCC(=C(C#N)c4ccccc4)CC3)c12. The second-order valence-corrected chi connectivity index (χ2v) is 21.2. The summed E-state index contributed by atoms with van der Waals surface area (Å²) in [6.45, 7) is 4.25. The summed E-state index contributed by atoms with van der Waals surface area (Å²) in [6, 6.07) is 12.4. The molecule has 29 nitrogen and oxygen atoms in total. The Kier molecular flexibility index (Phi) is 33.3. The van der Waals surface area contributed by atoms with Gasteiger partial charge in [0.25, 0.3) is 17.6 Å². The van der Waals surface area contributed by atoms with E-state index in [2.05, 4.69) is 51.9 Å². The molecule has 2 aromatic carbocycles. The minimum Gasteiger partial charge on any atom is -0.494 e. The van der Waals surface area contributed by atoms with Gasteiger partial charge in [0.05, 0.1) is 167 Å². The zero-order valence-electron chi connectivity index (χ0n) is 52.8. The van der Waals surface area contributed by atoms with Crippen LogP contribution in [-0.2, 0) is 52.3 Å². The smallest absolute Gasteiger partial charge is 0.313 e. The van der Waals surface area contributed by atoms with E-state index < -0.39 is 65.4 Å². The number of nitriles is 1. The van der Waals surface area contributed by atoms with E-state index in [0.717, 1.165) is 11.1 Å². The van der Waals surface area contributed by atoms with Crippen molar-refractivity contribution in [3.8, 4) is 23.4 Å². The number of Topliss-reactive ketones (excluding diaryl/α,β-unsaturated/α-hetero) is 1. The molecule has 0 unspecified atom stereocenters. The summed E-state index contributed by atoms with van der Waals surface area (Å²) >= 11 is 0. The third-order valence-electron chi connectivity index (χ3n) is 14.5. The Hall–Kier alpha value is -8.62. The van der Waals surface area contributed by atoms with Gasteiger partial charge in [0.1, 0.15) is 23.6 Å². The summed E-state index contributed by atoms with van der Waals surface area (Å²) in [5.41, 5.74) is 9.40. The number of rotatable bonds is 47. The molecule has 7 N–H and O–H groups in total. The molecule has 4 heterocycles. The highest BCUT2D eigenvalue weighted by Gasteiger charge is 2.32. The number of allylic oxidation sites excluding steroid dienone is 1. The van der Waals surface area contributed by atoms with Crippen LogP contribution in [0.5, 0.6) is 11.5 Å². The first kappa shape index (κ1) is 75.4. The van der Waals surface area contributed by atoms with E-state index >= 15 is 0 Å². The van der Waals surface area contributed by atoms with Gasteiger partial charge in [0.2, 0.25) is 17.5 Å². The number of H-pyrrole nitrogens is 1. The summed E-state index contributed by atoms with van der Waals surface area (Å²) in [4.78, 5) is 78.0. The third-order valence-corrected chi connectivity index (χ3v) is 14.5. The number of methoxy groups -OCH3 is 1. The van der Waals surface area contributed by atoms with Crippen molar-refractivity contribution >= 4 is 46.0 Å². The number of aliphatic hydroxyl groups is 2. The fourth-order valence-corrected chi connectivity index (χ4v) is 9.35. The zero-order chi connectivity index (χ0) is 68.1. The quantitative estimate of drug-likeness (QED) is 0.00542. The number of hydrogen-bond acceptors (Lipinski definition) is 24. The highest BCUT2D eigenvalue weighted by molar-refractivity contribution is 6.45. The Balaban J connectivity index is 0.730. The van der Waals surface area contributed by atoms with E-state index in [0.29, 0.717) is 113 Å². The van der Waals surface area contributed by atoms with Gasteiger partial charge in [-0.3, -0.25) is 24.0 Å².